The number of nitrogens with one attached hydrogen (secondary N) is 1. The summed E-state index contributed by atoms with van der Waals surface area (Å²) < 4.78 is 2.02. The second kappa shape index (κ2) is 6.94. The minimum atomic E-state index is -0.0675. The van der Waals surface area contributed by atoms with E-state index in [1.54, 1.807) is 11.3 Å². The number of hydrogen-bond acceptors (Lipinski definition) is 6. The SMILES string of the molecule is O=C(NCc1ccc(N2CCCCC2)nc1)c1cc2c(nc3sccn32)s1. The highest BCUT2D eigenvalue weighted by Gasteiger charge is 2.15. The van der Waals surface area contributed by atoms with Crippen LogP contribution in [0.4, 0.5) is 5.82 Å². The largest absolute Gasteiger partial charge is 0.357 e. The maximum atomic E-state index is 12.5. The zero-order chi connectivity index (χ0) is 18.2. The average Bonchev–Trinajstić information content (AvgIpc) is 3.39. The minimum absolute atomic E-state index is 0.0675. The molecule has 1 N–H and O–H groups in total. The third-order valence-electron chi connectivity index (χ3n) is 4.91. The summed E-state index contributed by atoms with van der Waals surface area (Å²) in [6, 6.07) is 6.02. The van der Waals surface area contributed by atoms with Crippen LogP contribution in [-0.2, 0) is 6.54 Å². The van der Waals surface area contributed by atoms with Crippen molar-refractivity contribution in [2.45, 2.75) is 25.8 Å². The molecule has 0 radical (unpaired) electrons. The molecule has 0 bridgehead atoms. The van der Waals surface area contributed by atoms with Gasteiger partial charge in [0, 0.05) is 37.4 Å². The van der Waals surface area contributed by atoms with Gasteiger partial charge in [0.15, 0.2) is 4.96 Å². The van der Waals surface area contributed by atoms with E-state index in [1.165, 1.54) is 30.6 Å². The van der Waals surface area contributed by atoms with Gasteiger partial charge in [-0.2, -0.15) is 0 Å². The van der Waals surface area contributed by atoms with Crippen LogP contribution in [0.3, 0.4) is 0 Å². The first-order chi connectivity index (χ1) is 13.3. The number of fused-ring (bicyclic) bond motifs is 3. The Balaban J connectivity index is 1.25. The Bertz CT molecular complexity index is 1090. The molecule has 0 atom stereocenters. The fourth-order valence-electron chi connectivity index (χ4n) is 3.46. The van der Waals surface area contributed by atoms with Crippen LogP contribution in [-0.4, -0.2) is 33.4 Å². The zero-order valence-electron chi connectivity index (χ0n) is 14.7. The molecule has 1 saturated heterocycles. The number of imidazole rings is 1. The summed E-state index contributed by atoms with van der Waals surface area (Å²) in [7, 11) is 0. The molecule has 4 aromatic rings. The number of rotatable bonds is 4. The van der Waals surface area contributed by atoms with Gasteiger partial charge in [0.2, 0.25) is 0 Å². The van der Waals surface area contributed by atoms with Crippen LogP contribution in [0.2, 0.25) is 0 Å². The van der Waals surface area contributed by atoms with Crippen molar-refractivity contribution >= 4 is 49.7 Å². The van der Waals surface area contributed by atoms with Crippen molar-refractivity contribution in [3.05, 3.63) is 46.4 Å². The third kappa shape index (κ3) is 3.19. The fourth-order valence-corrected chi connectivity index (χ4v) is 5.18. The predicted molar refractivity (Wildman–Crippen MR) is 110 cm³/mol. The Labute approximate surface area is 164 Å². The highest BCUT2D eigenvalue weighted by molar-refractivity contribution is 7.21. The fraction of sp³-hybridized carbons (Fsp3) is 0.316. The quantitative estimate of drug-likeness (QED) is 0.567. The summed E-state index contributed by atoms with van der Waals surface area (Å²) in [6.45, 7) is 2.64. The average molecular weight is 398 g/mol. The molecule has 27 heavy (non-hydrogen) atoms. The molecule has 5 heterocycles. The number of hydrogen-bond donors (Lipinski definition) is 1. The van der Waals surface area contributed by atoms with Gasteiger partial charge in [-0.25, -0.2) is 9.97 Å². The van der Waals surface area contributed by atoms with Gasteiger partial charge >= 0.3 is 0 Å². The number of carbonyl (C=O) groups excluding carboxylic acids is 1. The highest BCUT2D eigenvalue weighted by atomic mass is 32.1. The number of thiophene rings is 1. The van der Waals surface area contributed by atoms with E-state index < -0.39 is 0 Å². The Morgan fingerprint density at radius 2 is 2.11 bits per heavy atom. The summed E-state index contributed by atoms with van der Waals surface area (Å²) in [5.41, 5.74) is 2.00. The monoisotopic (exact) mass is 397 g/mol. The molecule has 8 heteroatoms. The van der Waals surface area contributed by atoms with Crippen LogP contribution < -0.4 is 10.2 Å². The van der Waals surface area contributed by atoms with E-state index in [9.17, 15) is 4.79 Å². The zero-order valence-corrected chi connectivity index (χ0v) is 16.4. The van der Waals surface area contributed by atoms with Crippen molar-refractivity contribution in [2.75, 3.05) is 18.0 Å². The van der Waals surface area contributed by atoms with E-state index in [2.05, 4.69) is 32.3 Å². The molecular formula is C19H19N5OS2. The van der Waals surface area contributed by atoms with Gasteiger partial charge in [-0.15, -0.1) is 22.7 Å². The lowest BCUT2D eigenvalue weighted by Crippen LogP contribution is -2.30. The van der Waals surface area contributed by atoms with Crippen molar-refractivity contribution in [3.63, 3.8) is 0 Å². The first kappa shape index (κ1) is 16.7. The number of piperidine rings is 1. The van der Waals surface area contributed by atoms with Crippen molar-refractivity contribution < 1.29 is 4.79 Å². The number of pyridine rings is 1. The van der Waals surface area contributed by atoms with Gasteiger partial charge in [-0.1, -0.05) is 6.07 Å². The van der Waals surface area contributed by atoms with E-state index in [0.29, 0.717) is 11.4 Å². The van der Waals surface area contributed by atoms with Gasteiger partial charge in [0.25, 0.3) is 5.91 Å². The Hall–Kier alpha value is -2.45. The smallest absolute Gasteiger partial charge is 0.261 e. The third-order valence-corrected chi connectivity index (χ3v) is 6.68. The summed E-state index contributed by atoms with van der Waals surface area (Å²) >= 11 is 3.03. The minimum Gasteiger partial charge on any atom is -0.357 e. The maximum Gasteiger partial charge on any atom is 0.261 e. The second-order valence-electron chi connectivity index (χ2n) is 6.72. The van der Waals surface area contributed by atoms with E-state index in [4.69, 9.17) is 0 Å². The van der Waals surface area contributed by atoms with Crippen LogP contribution in [0.15, 0.2) is 36.0 Å². The Kier molecular flexibility index (Phi) is 4.29. The van der Waals surface area contributed by atoms with Crippen molar-refractivity contribution in [1.29, 1.82) is 0 Å². The molecule has 1 fully saturated rings. The molecule has 1 amide bonds. The van der Waals surface area contributed by atoms with Crippen LogP contribution >= 0.6 is 22.7 Å². The molecule has 0 aromatic carbocycles. The Morgan fingerprint density at radius 1 is 1.22 bits per heavy atom. The predicted octanol–water partition coefficient (Wildman–Crippen LogP) is 3.93. The molecule has 5 rings (SSSR count). The van der Waals surface area contributed by atoms with Crippen LogP contribution in [0.1, 0.15) is 34.5 Å². The summed E-state index contributed by atoms with van der Waals surface area (Å²) in [4.78, 5) is 26.5. The van der Waals surface area contributed by atoms with Gasteiger partial charge in [-0.3, -0.25) is 9.20 Å². The topological polar surface area (TPSA) is 62.5 Å². The van der Waals surface area contributed by atoms with Gasteiger partial charge < -0.3 is 10.2 Å². The van der Waals surface area contributed by atoms with Crippen molar-refractivity contribution in [2.24, 2.45) is 0 Å². The number of carbonyl (C=O) groups is 1. The van der Waals surface area contributed by atoms with Crippen LogP contribution in [0.5, 0.6) is 0 Å². The van der Waals surface area contributed by atoms with Gasteiger partial charge in [0.05, 0.1) is 10.4 Å². The molecule has 0 spiro atoms. The lowest BCUT2D eigenvalue weighted by atomic mass is 10.1. The molecular weight excluding hydrogens is 378 g/mol. The van der Waals surface area contributed by atoms with Gasteiger partial charge in [0.1, 0.15) is 10.6 Å². The van der Waals surface area contributed by atoms with Crippen LogP contribution in [0, 0.1) is 0 Å². The maximum absolute atomic E-state index is 12.5. The number of amides is 1. The van der Waals surface area contributed by atoms with Crippen molar-refractivity contribution in [1.82, 2.24) is 19.7 Å². The summed E-state index contributed by atoms with van der Waals surface area (Å²) in [6.07, 6.45) is 7.64. The van der Waals surface area contributed by atoms with E-state index >= 15 is 0 Å². The first-order valence-electron chi connectivity index (χ1n) is 9.11. The van der Waals surface area contributed by atoms with Gasteiger partial charge in [-0.05, 0) is 37.0 Å². The van der Waals surface area contributed by atoms with E-state index in [-0.39, 0.29) is 5.91 Å². The molecule has 4 aromatic heterocycles. The lowest BCUT2D eigenvalue weighted by molar-refractivity contribution is 0.0955. The molecule has 6 nitrogen and oxygen atoms in total. The molecule has 1 aliphatic heterocycles. The number of nitrogens with zero attached hydrogens (tertiary/aromatic N) is 4. The molecule has 0 saturated carbocycles. The van der Waals surface area contributed by atoms with E-state index in [1.807, 2.05) is 28.2 Å². The number of aromatic nitrogens is 3. The lowest BCUT2D eigenvalue weighted by Gasteiger charge is -2.27. The normalized spacial score (nSPS) is 14.9. The molecule has 1 aliphatic rings. The second-order valence-corrected chi connectivity index (χ2v) is 8.63. The first-order valence-corrected chi connectivity index (χ1v) is 10.8. The van der Waals surface area contributed by atoms with E-state index in [0.717, 1.165) is 39.8 Å². The highest BCUT2D eigenvalue weighted by Crippen LogP contribution is 2.28. The molecule has 0 unspecified atom stereocenters. The number of anilines is 1. The standard InChI is InChI=1S/C19H19N5OS2/c25-17(15-10-14-18(27-15)22-19-24(14)8-9-26-19)21-12-13-4-5-16(20-11-13)23-6-2-1-3-7-23/h4-5,8-11H,1-3,6-7,12H2,(H,21,25). The van der Waals surface area contributed by atoms with Crippen molar-refractivity contribution in [3.8, 4) is 0 Å². The Morgan fingerprint density at radius 3 is 2.93 bits per heavy atom. The summed E-state index contributed by atoms with van der Waals surface area (Å²) in [5, 5.41) is 4.99. The molecule has 138 valence electrons. The van der Waals surface area contributed by atoms with Crippen LogP contribution in [0.25, 0.3) is 15.3 Å². The number of thiazole rings is 1. The molecule has 0 aliphatic carbocycles. The summed E-state index contributed by atoms with van der Waals surface area (Å²) in [5.74, 6) is 0.965.